The molecule has 0 heterocycles. The zero-order valence-corrected chi connectivity index (χ0v) is 9.94. The number of carboxylic acids is 2. The smallest absolute Gasteiger partial charge is 0.300 e. The summed E-state index contributed by atoms with van der Waals surface area (Å²) in [5.41, 5.74) is 0. The summed E-state index contributed by atoms with van der Waals surface area (Å²) in [6, 6.07) is 0. The van der Waals surface area contributed by atoms with Gasteiger partial charge in [-0.05, 0) is 0 Å². The van der Waals surface area contributed by atoms with Crippen LogP contribution in [0.3, 0.4) is 0 Å². The average molecular weight is 240 g/mol. The van der Waals surface area contributed by atoms with E-state index in [2.05, 4.69) is 0 Å². The first kappa shape index (κ1) is 22.5. The van der Waals surface area contributed by atoms with Crippen LogP contribution in [0.5, 0.6) is 0 Å². The zero-order valence-electron chi connectivity index (χ0n) is 5.80. The van der Waals surface area contributed by atoms with Crippen LogP contribution in [0.2, 0.25) is 0 Å². The molecule has 57 valence electrons. The van der Waals surface area contributed by atoms with Crippen molar-refractivity contribution in [2.24, 2.45) is 0 Å². The van der Waals surface area contributed by atoms with E-state index < -0.39 is 11.9 Å². The third-order valence-electron chi connectivity index (χ3n) is 0. The van der Waals surface area contributed by atoms with Gasteiger partial charge in [-0.2, -0.15) is 0 Å². The van der Waals surface area contributed by atoms with E-state index >= 15 is 0 Å². The molecule has 0 rings (SSSR count). The van der Waals surface area contributed by atoms with Crippen LogP contribution in [0.4, 0.5) is 0 Å². The van der Waals surface area contributed by atoms with Crippen LogP contribution >= 0.6 is 0 Å². The number of carbonyl (C=O) groups is 2. The van der Waals surface area contributed by atoms with Crippen LogP contribution in [-0.2, 0) is 46.1 Å². The van der Waals surface area contributed by atoms with Gasteiger partial charge in [0.1, 0.15) is 0 Å². The van der Waals surface area contributed by atoms with Crippen LogP contribution in [-0.4, -0.2) is 22.2 Å². The Morgan fingerprint density at radius 2 is 1.00 bits per heavy atom. The van der Waals surface area contributed by atoms with E-state index in [-0.39, 0.29) is 36.5 Å². The van der Waals surface area contributed by atoms with Crippen molar-refractivity contribution in [3.63, 3.8) is 0 Å². The van der Waals surface area contributed by atoms with E-state index in [1.54, 1.807) is 0 Å². The van der Waals surface area contributed by atoms with Crippen LogP contribution in [0, 0.1) is 0 Å². The van der Waals surface area contributed by atoms with E-state index in [0.717, 1.165) is 13.8 Å². The zero-order chi connectivity index (χ0) is 7.15. The van der Waals surface area contributed by atoms with Crippen molar-refractivity contribution in [1.82, 2.24) is 0 Å². The van der Waals surface area contributed by atoms with Gasteiger partial charge in [-0.3, -0.25) is 9.59 Å². The Bertz CT molecular complexity index is 75.3. The number of rotatable bonds is 0. The second-order valence-electron chi connectivity index (χ2n) is 1.04. The molecular formula is C4H8MnO4Zn. The molecule has 0 amide bonds. The molecular weight excluding hydrogens is 232 g/mol. The Balaban J connectivity index is -0.0000000300. The normalized spacial score (nSPS) is 5.00. The van der Waals surface area contributed by atoms with Gasteiger partial charge in [0.05, 0.1) is 0 Å². The quantitative estimate of drug-likeness (QED) is 0.592. The van der Waals surface area contributed by atoms with E-state index in [4.69, 9.17) is 19.8 Å². The second-order valence-corrected chi connectivity index (χ2v) is 1.04. The van der Waals surface area contributed by atoms with Gasteiger partial charge in [-0.1, -0.05) is 0 Å². The molecule has 0 spiro atoms. The largest absolute Gasteiger partial charge is 0.481 e. The van der Waals surface area contributed by atoms with Crippen molar-refractivity contribution in [2.75, 3.05) is 0 Å². The molecule has 0 unspecified atom stereocenters. The molecule has 0 aromatic heterocycles. The predicted octanol–water partition coefficient (Wildman–Crippen LogP) is 0.177. The predicted molar refractivity (Wildman–Crippen MR) is 26.6 cm³/mol. The van der Waals surface area contributed by atoms with Gasteiger partial charge in [0, 0.05) is 50.4 Å². The van der Waals surface area contributed by atoms with Crippen LogP contribution in [0.25, 0.3) is 0 Å². The van der Waals surface area contributed by atoms with Gasteiger partial charge in [0.25, 0.3) is 11.9 Å². The Hall–Kier alpha value is 0.0829. The molecule has 0 aromatic rings. The molecule has 0 atom stereocenters. The summed E-state index contributed by atoms with van der Waals surface area (Å²) < 4.78 is 0. The van der Waals surface area contributed by atoms with Gasteiger partial charge < -0.3 is 10.2 Å². The van der Waals surface area contributed by atoms with Gasteiger partial charge >= 0.3 is 0 Å². The number of hydrogen-bond acceptors (Lipinski definition) is 2. The monoisotopic (exact) mass is 239 g/mol. The third-order valence-corrected chi connectivity index (χ3v) is 0. The first-order valence-electron chi connectivity index (χ1n) is 1.86. The Kier molecular flexibility index (Phi) is 36.1. The minimum Gasteiger partial charge on any atom is -0.481 e. The van der Waals surface area contributed by atoms with Crippen molar-refractivity contribution >= 4 is 11.9 Å². The summed E-state index contributed by atoms with van der Waals surface area (Å²) in [7, 11) is 0. The molecule has 0 saturated carbocycles. The molecule has 0 aromatic carbocycles. The Morgan fingerprint density at radius 1 is 1.00 bits per heavy atom. The van der Waals surface area contributed by atoms with Crippen LogP contribution < -0.4 is 0 Å². The fraction of sp³-hybridized carbons (Fsp3) is 0.500. The van der Waals surface area contributed by atoms with Crippen molar-refractivity contribution in [3.8, 4) is 0 Å². The van der Waals surface area contributed by atoms with Crippen LogP contribution in [0.1, 0.15) is 13.8 Å². The van der Waals surface area contributed by atoms with E-state index in [9.17, 15) is 0 Å². The molecule has 10 heavy (non-hydrogen) atoms. The number of carboxylic acid groups (broad SMARTS) is 2. The molecule has 1 radical (unpaired) electrons. The average Bonchev–Trinajstić information content (AvgIpc) is 1.25. The Labute approximate surface area is 82.2 Å². The van der Waals surface area contributed by atoms with E-state index in [1.807, 2.05) is 0 Å². The first-order valence-corrected chi connectivity index (χ1v) is 1.86. The van der Waals surface area contributed by atoms with Crippen LogP contribution in [0.15, 0.2) is 0 Å². The van der Waals surface area contributed by atoms with Gasteiger partial charge in [-0.15, -0.1) is 0 Å². The van der Waals surface area contributed by atoms with Gasteiger partial charge in [-0.25, -0.2) is 0 Å². The molecule has 0 aliphatic heterocycles. The third kappa shape index (κ3) is 59100. The summed E-state index contributed by atoms with van der Waals surface area (Å²) in [6.45, 7) is 2.17. The maximum atomic E-state index is 9.00. The van der Waals surface area contributed by atoms with Gasteiger partial charge in [0.15, 0.2) is 0 Å². The van der Waals surface area contributed by atoms with Crippen molar-refractivity contribution in [2.45, 2.75) is 13.8 Å². The summed E-state index contributed by atoms with van der Waals surface area (Å²) in [5.74, 6) is -1.67. The topological polar surface area (TPSA) is 74.6 Å². The minimum absolute atomic E-state index is 0. The fourth-order valence-corrected chi connectivity index (χ4v) is 0. The molecule has 6 heteroatoms. The maximum absolute atomic E-state index is 9.00. The molecule has 4 nitrogen and oxygen atoms in total. The van der Waals surface area contributed by atoms with Crippen molar-refractivity contribution < 1.29 is 56.3 Å². The molecule has 0 bridgehead atoms. The minimum atomic E-state index is -0.833. The molecule has 0 fully saturated rings. The SMILES string of the molecule is CC(=O)O.CC(=O)O.[Mn].[Zn]. The molecule has 0 aliphatic rings. The van der Waals surface area contributed by atoms with Crippen molar-refractivity contribution in [3.05, 3.63) is 0 Å². The second kappa shape index (κ2) is 16.0. The summed E-state index contributed by atoms with van der Waals surface area (Å²) in [4.78, 5) is 18.0. The summed E-state index contributed by atoms with van der Waals surface area (Å²) in [5, 5.41) is 14.8. The van der Waals surface area contributed by atoms with Gasteiger partial charge in [0.2, 0.25) is 0 Å². The summed E-state index contributed by atoms with van der Waals surface area (Å²) >= 11 is 0. The number of hydrogen-bond donors (Lipinski definition) is 2. The number of aliphatic carboxylic acids is 2. The fourth-order valence-electron chi connectivity index (χ4n) is 0. The van der Waals surface area contributed by atoms with E-state index in [0.29, 0.717) is 0 Å². The summed E-state index contributed by atoms with van der Waals surface area (Å²) in [6.07, 6.45) is 0. The standard InChI is InChI=1S/2C2H4O2.Mn.Zn/c2*1-2(3)4;;/h2*1H3,(H,3,4);;. The molecule has 2 N–H and O–H groups in total. The maximum Gasteiger partial charge on any atom is 0.300 e. The Morgan fingerprint density at radius 3 is 1.00 bits per heavy atom. The molecule has 0 aliphatic carbocycles. The van der Waals surface area contributed by atoms with Crippen molar-refractivity contribution in [1.29, 1.82) is 0 Å². The van der Waals surface area contributed by atoms with E-state index in [1.165, 1.54) is 0 Å². The molecule has 0 saturated heterocycles. The first-order chi connectivity index (χ1) is 3.46.